The fraction of sp³-hybridized carbons (Fsp3) is 0.833. The van der Waals surface area contributed by atoms with E-state index < -0.39 is 0 Å². The zero-order chi connectivity index (χ0) is 10.6. The second-order valence-corrected chi connectivity index (χ2v) is 4.32. The normalized spacial score (nSPS) is 24.1. The number of hydrogen-bond acceptors (Lipinski definition) is 2. The summed E-state index contributed by atoms with van der Waals surface area (Å²) in [4.78, 5) is 2.42. The molecule has 1 saturated heterocycles. The number of rotatable bonds is 3. The molecule has 0 aromatic rings. The highest BCUT2D eigenvalue weighted by molar-refractivity contribution is 5.00. The predicted octanol–water partition coefficient (Wildman–Crippen LogP) is 1.46. The third-order valence-corrected chi connectivity index (χ3v) is 3.34. The lowest BCUT2D eigenvalue weighted by Crippen LogP contribution is -2.43. The summed E-state index contributed by atoms with van der Waals surface area (Å²) < 4.78 is 0. The molecule has 2 heteroatoms. The van der Waals surface area contributed by atoms with Crippen LogP contribution in [0.3, 0.4) is 0 Å². The summed E-state index contributed by atoms with van der Waals surface area (Å²) in [6.45, 7) is 6.50. The van der Waals surface area contributed by atoms with Crippen LogP contribution in [-0.2, 0) is 0 Å². The van der Waals surface area contributed by atoms with E-state index in [1.807, 2.05) is 0 Å². The molecule has 0 amide bonds. The third-order valence-electron chi connectivity index (χ3n) is 3.34. The molecule has 14 heavy (non-hydrogen) atoms. The zero-order valence-electron chi connectivity index (χ0n) is 9.37. The van der Waals surface area contributed by atoms with Crippen LogP contribution in [0.15, 0.2) is 0 Å². The highest BCUT2D eigenvalue weighted by Crippen LogP contribution is 2.21. The van der Waals surface area contributed by atoms with Gasteiger partial charge in [0.15, 0.2) is 0 Å². The minimum atomic E-state index is 0.336. The molecule has 0 aromatic carbocycles. The third kappa shape index (κ3) is 2.73. The number of nitrogens with zero attached hydrogens (tertiary/aromatic N) is 1. The van der Waals surface area contributed by atoms with E-state index in [0.717, 1.165) is 19.5 Å². The first kappa shape index (κ1) is 11.6. The Morgan fingerprint density at radius 2 is 2.07 bits per heavy atom. The quantitative estimate of drug-likeness (QED) is 0.689. The number of hydrogen-bond donors (Lipinski definition) is 1. The van der Waals surface area contributed by atoms with Crippen molar-refractivity contribution in [1.82, 2.24) is 4.90 Å². The molecule has 2 atom stereocenters. The van der Waals surface area contributed by atoms with Crippen molar-refractivity contribution in [3.63, 3.8) is 0 Å². The van der Waals surface area contributed by atoms with Crippen LogP contribution < -0.4 is 5.73 Å². The fourth-order valence-corrected chi connectivity index (χ4v) is 2.24. The maximum atomic E-state index is 5.89. The molecule has 80 valence electrons. The van der Waals surface area contributed by atoms with Gasteiger partial charge in [-0.15, -0.1) is 6.42 Å². The average Bonchev–Trinajstić information content (AvgIpc) is 2.20. The first-order valence-electron chi connectivity index (χ1n) is 5.64. The minimum absolute atomic E-state index is 0.336. The topological polar surface area (TPSA) is 29.3 Å². The van der Waals surface area contributed by atoms with Gasteiger partial charge in [-0.05, 0) is 45.2 Å². The van der Waals surface area contributed by atoms with Crippen molar-refractivity contribution < 1.29 is 0 Å². The Morgan fingerprint density at radius 3 is 2.43 bits per heavy atom. The van der Waals surface area contributed by atoms with Gasteiger partial charge in [-0.25, -0.2) is 0 Å². The van der Waals surface area contributed by atoms with Crippen LogP contribution in [-0.4, -0.2) is 30.1 Å². The Kier molecular flexibility index (Phi) is 4.44. The molecule has 2 nitrogen and oxygen atoms in total. The number of nitrogens with two attached hydrogens (primary N) is 1. The highest BCUT2D eigenvalue weighted by atomic mass is 15.2. The number of piperidine rings is 1. The van der Waals surface area contributed by atoms with E-state index in [-0.39, 0.29) is 0 Å². The summed E-state index contributed by atoms with van der Waals surface area (Å²) >= 11 is 0. The molecule has 1 aliphatic rings. The molecular formula is C12H22N2. The van der Waals surface area contributed by atoms with E-state index in [0.29, 0.717) is 18.0 Å². The molecule has 1 rings (SSSR count). The van der Waals surface area contributed by atoms with Gasteiger partial charge in [0.1, 0.15) is 0 Å². The van der Waals surface area contributed by atoms with E-state index >= 15 is 0 Å². The van der Waals surface area contributed by atoms with Crippen LogP contribution in [0.4, 0.5) is 0 Å². The molecule has 0 aromatic heterocycles. The largest absolute Gasteiger partial charge is 0.328 e. The van der Waals surface area contributed by atoms with Crippen LogP contribution in [0, 0.1) is 18.3 Å². The Morgan fingerprint density at radius 1 is 1.50 bits per heavy atom. The Balaban J connectivity index is 2.39. The standard InChI is InChI=1S/C12H22N2/c1-4-12(5-2)14-8-6-11(7-9-14)10(3)13/h1,10-12H,5-9,13H2,2-3H3. The summed E-state index contributed by atoms with van der Waals surface area (Å²) in [5.74, 6) is 3.56. The van der Waals surface area contributed by atoms with E-state index in [1.165, 1.54) is 12.8 Å². The predicted molar refractivity (Wildman–Crippen MR) is 60.9 cm³/mol. The first-order valence-corrected chi connectivity index (χ1v) is 5.64. The van der Waals surface area contributed by atoms with Gasteiger partial charge in [0.05, 0.1) is 6.04 Å². The summed E-state index contributed by atoms with van der Waals surface area (Å²) in [6.07, 6.45) is 8.96. The molecule has 0 saturated carbocycles. The van der Waals surface area contributed by atoms with Gasteiger partial charge < -0.3 is 5.73 Å². The summed E-state index contributed by atoms with van der Waals surface area (Å²) in [7, 11) is 0. The Bertz CT molecular complexity index is 197. The molecule has 0 bridgehead atoms. The average molecular weight is 194 g/mol. The van der Waals surface area contributed by atoms with Crippen LogP contribution in [0.2, 0.25) is 0 Å². The van der Waals surface area contributed by atoms with Crippen LogP contribution >= 0.6 is 0 Å². The molecule has 1 heterocycles. The van der Waals surface area contributed by atoms with Gasteiger partial charge in [-0.2, -0.15) is 0 Å². The van der Waals surface area contributed by atoms with Gasteiger partial charge in [-0.1, -0.05) is 12.8 Å². The lowest BCUT2D eigenvalue weighted by molar-refractivity contribution is 0.146. The number of terminal acetylenes is 1. The van der Waals surface area contributed by atoms with Crippen molar-refractivity contribution in [3.05, 3.63) is 0 Å². The Labute approximate surface area is 87.8 Å². The smallest absolute Gasteiger partial charge is 0.0709 e. The van der Waals surface area contributed by atoms with Crippen molar-refractivity contribution in [3.8, 4) is 12.3 Å². The maximum Gasteiger partial charge on any atom is 0.0709 e. The van der Waals surface area contributed by atoms with Gasteiger partial charge in [-0.3, -0.25) is 4.90 Å². The zero-order valence-corrected chi connectivity index (χ0v) is 9.37. The van der Waals surface area contributed by atoms with Crippen LogP contribution in [0.1, 0.15) is 33.1 Å². The van der Waals surface area contributed by atoms with Gasteiger partial charge >= 0.3 is 0 Å². The number of likely N-dealkylation sites (tertiary alicyclic amines) is 1. The Hall–Kier alpha value is -0.520. The first-order chi connectivity index (χ1) is 6.69. The van der Waals surface area contributed by atoms with Gasteiger partial charge in [0.2, 0.25) is 0 Å². The second-order valence-electron chi connectivity index (χ2n) is 4.32. The summed E-state index contributed by atoms with van der Waals surface area (Å²) in [5, 5.41) is 0. The molecule has 1 aliphatic heterocycles. The monoisotopic (exact) mass is 194 g/mol. The summed E-state index contributed by atoms with van der Waals surface area (Å²) in [5.41, 5.74) is 5.89. The van der Waals surface area contributed by atoms with Crippen molar-refractivity contribution in [2.24, 2.45) is 11.7 Å². The summed E-state index contributed by atoms with van der Waals surface area (Å²) in [6, 6.07) is 0.673. The van der Waals surface area contributed by atoms with Crippen molar-refractivity contribution >= 4 is 0 Å². The fourth-order valence-electron chi connectivity index (χ4n) is 2.24. The molecule has 2 N–H and O–H groups in total. The van der Waals surface area contributed by atoms with Crippen molar-refractivity contribution in [1.29, 1.82) is 0 Å². The van der Waals surface area contributed by atoms with Gasteiger partial charge in [0, 0.05) is 6.04 Å². The van der Waals surface area contributed by atoms with Crippen molar-refractivity contribution in [2.45, 2.75) is 45.2 Å². The van der Waals surface area contributed by atoms with E-state index in [1.54, 1.807) is 0 Å². The van der Waals surface area contributed by atoms with E-state index in [4.69, 9.17) is 12.2 Å². The molecule has 2 unspecified atom stereocenters. The molecule has 1 fully saturated rings. The molecule has 0 radical (unpaired) electrons. The second kappa shape index (κ2) is 5.38. The van der Waals surface area contributed by atoms with Crippen molar-refractivity contribution in [2.75, 3.05) is 13.1 Å². The maximum absolute atomic E-state index is 5.89. The van der Waals surface area contributed by atoms with Gasteiger partial charge in [0.25, 0.3) is 0 Å². The van der Waals surface area contributed by atoms with Crippen LogP contribution in [0.25, 0.3) is 0 Å². The van der Waals surface area contributed by atoms with E-state index in [9.17, 15) is 0 Å². The van der Waals surface area contributed by atoms with E-state index in [2.05, 4.69) is 24.7 Å². The SMILES string of the molecule is C#CC(CC)N1CCC(C(C)N)CC1. The lowest BCUT2D eigenvalue weighted by Gasteiger charge is -2.36. The minimum Gasteiger partial charge on any atom is -0.328 e. The highest BCUT2D eigenvalue weighted by Gasteiger charge is 2.24. The molecular weight excluding hydrogens is 172 g/mol. The lowest BCUT2D eigenvalue weighted by atomic mass is 9.90. The molecule has 0 aliphatic carbocycles. The van der Waals surface area contributed by atoms with Crippen LogP contribution in [0.5, 0.6) is 0 Å². The molecule has 0 spiro atoms.